The van der Waals surface area contributed by atoms with E-state index in [9.17, 15) is 5.26 Å². The van der Waals surface area contributed by atoms with Gasteiger partial charge in [-0.05, 0) is 56.0 Å². The van der Waals surface area contributed by atoms with Gasteiger partial charge in [-0.2, -0.15) is 5.26 Å². The van der Waals surface area contributed by atoms with Crippen LogP contribution in [0.15, 0.2) is 43.1 Å². The van der Waals surface area contributed by atoms with Crippen molar-refractivity contribution in [3.63, 3.8) is 0 Å². The summed E-state index contributed by atoms with van der Waals surface area (Å²) in [6, 6.07) is 10.2. The van der Waals surface area contributed by atoms with Crippen molar-refractivity contribution in [3.05, 3.63) is 59.9 Å². The molecule has 0 atom stereocenters. The van der Waals surface area contributed by atoms with Crippen LogP contribution in [0, 0.1) is 18.3 Å². The predicted octanol–water partition coefficient (Wildman–Crippen LogP) is 4.17. The number of hydrogen-bond acceptors (Lipinski definition) is 2. The maximum absolute atomic E-state index is 9.34. The number of unbranched alkanes of at least 4 members (excludes halogenated alkanes) is 1. The van der Waals surface area contributed by atoms with Gasteiger partial charge in [0.1, 0.15) is 11.8 Å². The number of hydrogen-bond donors (Lipinski definition) is 0. The van der Waals surface area contributed by atoms with Crippen LogP contribution in [0.4, 0.5) is 0 Å². The summed E-state index contributed by atoms with van der Waals surface area (Å²) in [6.07, 6.45) is 6.73. The number of aromatic nitrogens is 1. The van der Waals surface area contributed by atoms with Crippen molar-refractivity contribution in [2.45, 2.75) is 26.2 Å². The third-order valence-corrected chi connectivity index (χ3v) is 3.69. The fourth-order valence-corrected chi connectivity index (χ4v) is 2.49. The van der Waals surface area contributed by atoms with Crippen LogP contribution in [0.2, 0.25) is 0 Å². The van der Waals surface area contributed by atoms with Crippen LogP contribution in [0.25, 0.3) is 5.69 Å². The average Bonchev–Trinajstić information content (AvgIpc) is 2.84. The highest BCUT2D eigenvalue weighted by Crippen LogP contribution is 2.24. The Morgan fingerprint density at radius 2 is 2.05 bits per heavy atom. The van der Waals surface area contributed by atoms with Gasteiger partial charge in [-0.3, -0.25) is 0 Å². The molecule has 0 N–H and O–H groups in total. The number of ether oxygens (including phenoxy) is 1. The Hall–Kier alpha value is -2.47. The standard InChI is InChI=1S/C18H20N2O/c1-4-5-6-7-18-14(2)20(13-15(18)12-19)16-8-10-17(21-3)11-9-16/h4,8-11,13H,1,5-7H2,2-3H3. The van der Waals surface area contributed by atoms with Gasteiger partial charge in [0, 0.05) is 17.6 Å². The second-order valence-electron chi connectivity index (χ2n) is 4.97. The first-order valence-electron chi connectivity index (χ1n) is 7.07. The van der Waals surface area contributed by atoms with E-state index in [4.69, 9.17) is 4.74 Å². The van der Waals surface area contributed by atoms with Gasteiger partial charge < -0.3 is 9.30 Å². The predicted molar refractivity (Wildman–Crippen MR) is 84.9 cm³/mol. The van der Waals surface area contributed by atoms with Crippen LogP contribution in [0.5, 0.6) is 5.75 Å². The van der Waals surface area contributed by atoms with Crippen LogP contribution in [0.3, 0.4) is 0 Å². The van der Waals surface area contributed by atoms with Crippen molar-refractivity contribution in [1.29, 1.82) is 5.26 Å². The zero-order valence-corrected chi connectivity index (χ0v) is 12.6. The summed E-state index contributed by atoms with van der Waals surface area (Å²) in [5.41, 5.74) is 4.06. The fraction of sp³-hybridized carbons (Fsp3) is 0.278. The summed E-state index contributed by atoms with van der Waals surface area (Å²) in [4.78, 5) is 0. The molecule has 0 aliphatic rings. The Morgan fingerprint density at radius 3 is 2.62 bits per heavy atom. The molecule has 0 bridgehead atoms. The highest BCUT2D eigenvalue weighted by Gasteiger charge is 2.13. The number of benzene rings is 1. The third-order valence-electron chi connectivity index (χ3n) is 3.69. The minimum atomic E-state index is 0.757. The van der Waals surface area contributed by atoms with Gasteiger partial charge in [0.2, 0.25) is 0 Å². The Kier molecular flexibility index (Phi) is 4.84. The van der Waals surface area contributed by atoms with Crippen LogP contribution >= 0.6 is 0 Å². The van der Waals surface area contributed by atoms with E-state index in [2.05, 4.69) is 24.1 Å². The summed E-state index contributed by atoms with van der Waals surface area (Å²) < 4.78 is 7.25. The van der Waals surface area contributed by atoms with Crippen molar-refractivity contribution >= 4 is 0 Å². The largest absolute Gasteiger partial charge is 0.497 e. The molecule has 21 heavy (non-hydrogen) atoms. The molecule has 0 saturated carbocycles. The molecule has 0 unspecified atom stereocenters. The van der Waals surface area contributed by atoms with Crippen molar-refractivity contribution in [2.75, 3.05) is 7.11 Å². The van der Waals surface area contributed by atoms with Crippen LogP contribution in [0.1, 0.15) is 29.7 Å². The van der Waals surface area contributed by atoms with E-state index in [1.54, 1.807) is 7.11 Å². The number of nitrogens with zero attached hydrogens (tertiary/aromatic N) is 2. The van der Waals surface area contributed by atoms with Gasteiger partial charge in [-0.15, -0.1) is 6.58 Å². The van der Waals surface area contributed by atoms with Gasteiger partial charge in [0.25, 0.3) is 0 Å². The van der Waals surface area contributed by atoms with Crippen molar-refractivity contribution in [2.24, 2.45) is 0 Å². The molecule has 3 heteroatoms. The molecule has 0 radical (unpaired) electrons. The molecule has 108 valence electrons. The minimum absolute atomic E-state index is 0.757. The number of allylic oxidation sites excluding steroid dienone is 1. The summed E-state index contributed by atoms with van der Waals surface area (Å²) in [5, 5.41) is 9.34. The molecule has 0 aliphatic heterocycles. The highest BCUT2D eigenvalue weighted by atomic mass is 16.5. The molecule has 1 aromatic carbocycles. The lowest BCUT2D eigenvalue weighted by Crippen LogP contribution is -1.97. The first-order valence-corrected chi connectivity index (χ1v) is 7.07. The Labute approximate surface area is 126 Å². The van der Waals surface area contributed by atoms with E-state index >= 15 is 0 Å². The summed E-state index contributed by atoms with van der Waals surface area (Å²) in [6.45, 7) is 5.81. The Morgan fingerprint density at radius 1 is 1.33 bits per heavy atom. The number of nitriles is 1. The van der Waals surface area contributed by atoms with Crippen LogP contribution < -0.4 is 4.74 Å². The molecule has 2 aromatic rings. The highest BCUT2D eigenvalue weighted by molar-refractivity contribution is 5.47. The molecule has 0 saturated heterocycles. The molecule has 3 nitrogen and oxygen atoms in total. The third kappa shape index (κ3) is 3.17. The second kappa shape index (κ2) is 6.81. The smallest absolute Gasteiger partial charge is 0.119 e. The number of rotatable bonds is 6. The molecule has 0 fully saturated rings. The lowest BCUT2D eigenvalue weighted by Gasteiger charge is -2.08. The zero-order chi connectivity index (χ0) is 15.2. The monoisotopic (exact) mass is 280 g/mol. The summed E-state index contributed by atoms with van der Waals surface area (Å²) in [5.74, 6) is 0.829. The lowest BCUT2D eigenvalue weighted by molar-refractivity contribution is 0.414. The molecule has 0 amide bonds. The molecule has 2 rings (SSSR count). The summed E-state index contributed by atoms with van der Waals surface area (Å²) in [7, 11) is 1.65. The van der Waals surface area contributed by atoms with Gasteiger partial charge >= 0.3 is 0 Å². The number of methoxy groups -OCH3 is 1. The van der Waals surface area contributed by atoms with E-state index in [0.717, 1.165) is 47.5 Å². The second-order valence-corrected chi connectivity index (χ2v) is 4.97. The topological polar surface area (TPSA) is 38.0 Å². The molecule has 0 spiro atoms. The first-order chi connectivity index (χ1) is 10.2. The van der Waals surface area contributed by atoms with Crippen molar-refractivity contribution in [3.8, 4) is 17.5 Å². The Balaban J connectivity index is 2.35. The van der Waals surface area contributed by atoms with E-state index in [1.165, 1.54) is 0 Å². The van der Waals surface area contributed by atoms with Gasteiger partial charge in [-0.1, -0.05) is 6.08 Å². The molecular weight excluding hydrogens is 260 g/mol. The van der Waals surface area contributed by atoms with Gasteiger partial charge in [-0.25, -0.2) is 0 Å². The van der Waals surface area contributed by atoms with E-state index in [-0.39, 0.29) is 0 Å². The van der Waals surface area contributed by atoms with Crippen LogP contribution in [-0.2, 0) is 6.42 Å². The van der Waals surface area contributed by atoms with Crippen molar-refractivity contribution < 1.29 is 4.74 Å². The molecule has 0 aliphatic carbocycles. The molecular formula is C18H20N2O. The average molecular weight is 280 g/mol. The zero-order valence-electron chi connectivity index (χ0n) is 12.6. The van der Waals surface area contributed by atoms with E-state index in [0.29, 0.717) is 0 Å². The first kappa shape index (κ1) is 14.9. The van der Waals surface area contributed by atoms with E-state index < -0.39 is 0 Å². The maximum Gasteiger partial charge on any atom is 0.119 e. The van der Waals surface area contributed by atoms with Crippen LogP contribution in [-0.4, -0.2) is 11.7 Å². The van der Waals surface area contributed by atoms with E-state index in [1.807, 2.05) is 36.5 Å². The van der Waals surface area contributed by atoms with Gasteiger partial charge in [0.15, 0.2) is 0 Å². The maximum atomic E-state index is 9.34. The normalized spacial score (nSPS) is 10.1. The van der Waals surface area contributed by atoms with Crippen molar-refractivity contribution in [1.82, 2.24) is 4.57 Å². The quantitative estimate of drug-likeness (QED) is 0.588. The minimum Gasteiger partial charge on any atom is -0.497 e. The van der Waals surface area contributed by atoms with Gasteiger partial charge in [0.05, 0.1) is 12.7 Å². The fourth-order valence-electron chi connectivity index (χ4n) is 2.49. The molecule has 1 heterocycles. The molecule has 1 aromatic heterocycles. The SMILES string of the molecule is C=CCCCc1c(C#N)cn(-c2ccc(OC)cc2)c1C. The summed E-state index contributed by atoms with van der Waals surface area (Å²) >= 11 is 0. The Bertz CT molecular complexity index is 660. The lowest BCUT2D eigenvalue weighted by atomic mass is 10.1.